The molecule has 1 amide bonds. The van der Waals surface area contributed by atoms with Gasteiger partial charge in [0.15, 0.2) is 5.78 Å². The van der Waals surface area contributed by atoms with E-state index in [9.17, 15) is 19.1 Å². The lowest BCUT2D eigenvalue weighted by molar-refractivity contribution is 0.137. The van der Waals surface area contributed by atoms with Gasteiger partial charge >= 0.3 is 13.7 Å². The second-order valence-electron chi connectivity index (χ2n) is 4.61. The molecule has 0 heterocycles. The summed E-state index contributed by atoms with van der Waals surface area (Å²) in [6.07, 6.45) is -0.888. The molecular weight excluding hydrogens is 305 g/mol. The first-order valence-corrected chi connectivity index (χ1v) is 8.22. The SMILES string of the molecule is O=C(N[C@@H](c1ccccc1)P(=O)(O)O)OCc1ccccc1. The molecule has 0 radical (unpaired) electrons. The number of rotatable bonds is 5. The molecule has 2 rings (SSSR count). The van der Waals surface area contributed by atoms with Crippen molar-refractivity contribution in [3.63, 3.8) is 0 Å². The van der Waals surface area contributed by atoms with Crippen LogP contribution in [0.3, 0.4) is 0 Å². The number of nitrogens with one attached hydrogen (secondary N) is 1. The van der Waals surface area contributed by atoms with Crippen molar-refractivity contribution >= 4 is 13.7 Å². The Bertz CT molecular complexity index is 656. The van der Waals surface area contributed by atoms with E-state index in [2.05, 4.69) is 5.32 Å². The van der Waals surface area contributed by atoms with Gasteiger partial charge in [-0.2, -0.15) is 0 Å². The van der Waals surface area contributed by atoms with Crippen LogP contribution < -0.4 is 5.32 Å². The standard InChI is InChI=1S/C15H16NO5P/c17-15(21-11-12-7-3-1-4-8-12)16-14(22(18,19)20)13-9-5-2-6-10-13/h1-10,14H,11H2,(H,16,17)(H2,18,19,20)/t14-/m1/s1. The van der Waals surface area contributed by atoms with Crippen molar-refractivity contribution < 1.29 is 23.9 Å². The van der Waals surface area contributed by atoms with Gasteiger partial charge in [0.25, 0.3) is 0 Å². The van der Waals surface area contributed by atoms with Gasteiger partial charge in [0.1, 0.15) is 6.61 Å². The Morgan fingerprint density at radius 2 is 1.59 bits per heavy atom. The van der Waals surface area contributed by atoms with Crippen molar-refractivity contribution in [2.24, 2.45) is 0 Å². The number of ether oxygens (including phenoxy) is 1. The topological polar surface area (TPSA) is 95.9 Å². The molecule has 0 aliphatic rings. The molecule has 0 aliphatic heterocycles. The van der Waals surface area contributed by atoms with E-state index in [1.165, 1.54) is 12.1 Å². The summed E-state index contributed by atoms with van der Waals surface area (Å²) in [5, 5.41) is 2.22. The van der Waals surface area contributed by atoms with Crippen LogP contribution in [0.15, 0.2) is 60.7 Å². The lowest BCUT2D eigenvalue weighted by Gasteiger charge is -2.20. The lowest BCUT2D eigenvalue weighted by Crippen LogP contribution is -2.29. The third-order valence-corrected chi connectivity index (χ3v) is 4.02. The van der Waals surface area contributed by atoms with Crippen molar-refractivity contribution in [1.29, 1.82) is 0 Å². The second kappa shape index (κ2) is 7.22. The normalized spacial score (nSPS) is 12.5. The van der Waals surface area contributed by atoms with Gasteiger partial charge in [-0.25, -0.2) is 4.79 Å². The van der Waals surface area contributed by atoms with Crippen molar-refractivity contribution in [3.8, 4) is 0 Å². The molecule has 6 nitrogen and oxygen atoms in total. The zero-order valence-corrected chi connectivity index (χ0v) is 12.5. The fraction of sp³-hybridized carbons (Fsp3) is 0.133. The highest BCUT2D eigenvalue weighted by Crippen LogP contribution is 2.49. The smallest absolute Gasteiger partial charge is 0.408 e. The van der Waals surface area contributed by atoms with E-state index >= 15 is 0 Å². The van der Waals surface area contributed by atoms with Gasteiger partial charge in [0, 0.05) is 0 Å². The van der Waals surface area contributed by atoms with Crippen LogP contribution in [0.25, 0.3) is 0 Å². The Kier molecular flexibility index (Phi) is 5.33. The molecule has 1 atom stereocenters. The summed E-state index contributed by atoms with van der Waals surface area (Å²) >= 11 is 0. The molecule has 0 bridgehead atoms. The van der Waals surface area contributed by atoms with Crippen LogP contribution in [0.2, 0.25) is 0 Å². The van der Waals surface area contributed by atoms with Crippen LogP contribution in [0.1, 0.15) is 16.9 Å². The molecule has 0 saturated carbocycles. The molecule has 0 aliphatic carbocycles. The quantitative estimate of drug-likeness (QED) is 0.736. The fourth-order valence-corrected chi connectivity index (χ4v) is 2.71. The molecule has 2 aromatic carbocycles. The lowest BCUT2D eigenvalue weighted by atomic mass is 10.2. The molecule has 0 aromatic heterocycles. The monoisotopic (exact) mass is 321 g/mol. The Morgan fingerprint density at radius 3 is 2.14 bits per heavy atom. The van der Waals surface area contributed by atoms with Crippen molar-refractivity contribution in [3.05, 3.63) is 71.8 Å². The number of carbonyl (C=O) groups is 1. The minimum absolute atomic E-state index is 0.0232. The first-order valence-electron chi connectivity index (χ1n) is 6.54. The van der Waals surface area contributed by atoms with Crippen LogP contribution in [-0.4, -0.2) is 15.9 Å². The summed E-state index contributed by atoms with van der Waals surface area (Å²) in [4.78, 5) is 30.6. The Labute approximate surface area is 127 Å². The largest absolute Gasteiger partial charge is 0.445 e. The van der Waals surface area contributed by atoms with Crippen LogP contribution in [0, 0.1) is 0 Å². The Hall–Kier alpha value is -2.14. The molecule has 2 aromatic rings. The van der Waals surface area contributed by atoms with E-state index in [0.29, 0.717) is 5.56 Å². The molecule has 0 saturated heterocycles. The minimum atomic E-state index is -4.56. The van der Waals surface area contributed by atoms with Gasteiger partial charge in [-0.05, 0) is 11.1 Å². The average molecular weight is 321 g/mol. The predicted molar refractivity (Wildman–Crippen MR) is 81.0 cm³/mol. The maximum atomic E-state index is 11.8. The number of benzene rings is 2. The van der Waals surface area contributed by atoms with Crippen LogP contribution >= 0.6 is 7.60 Å². The van der Waals surface area contributed by atoms with Crippen molar-refractivity contribution in [1.82, 2.24) is 5.32 Å². The highest BCUT2D eigenvalue weighted by molar-refractivity contribution is 7.52. The van der Waals surface area contributed by atoms with E-state index < -0.39 is 19.5 Å². The number of amides is 1. The number of hydrogen-bond acceptors (Lipinski definition) is 3. The van der Waals surface area contributed by atoms with Gasteiger partial charge in [-0.3, -0.25) is 4.57 Å². The maximum Gasteiger partial charge on any atom is 0.408 e. The third kappa shape index (κ3) is 4.70. The molecular formula is C15H16NO5P. The van der Waals surface area contributed by atoms with Crippen LogP contribution in [0.4, 0.5) is 4.79 Å². The van der Waals surface area contributed by atoms with Crippen molar-refractivity contribution in [2.75, 3.05) is 0 Å². The third-order valence-electron chi connectivity index (χ3n) is 2.92. The van der Waals surface area contributed by atoms with Gasteiger partial charge < -0.3 is 19.8 Å². The first kappa shape index (κ1) is 16.2. The van der Waals surface area contributed by atoms with Crippen molar-refractivity contribution in [2.45, 2.75) is 12.4 Å². The Morgan fingerprint density at radius 1 is 1.05 bits per heavy atom. The van der Waals surface area contributed by atoms with E-state index in [1.807, 2.05) is 6.07 Å². The van der Waals surface area contributed by atoms with Gasteiger partial charge in [-0.15, -0.1) is 0 Å². The number of hydrogen-bond donors (Lipinski definition) is 3. The highest BCUT2D eigenvalue weighted by atomic mass is 31.2. The number of alkyl carbamates (subject to hydrolysis) is 1. The molecule has 3 N–H and O–H groups in total. The predicted octanol–water partition coefficient (Wildman–Crippen LogP) is 2.79. The molecule has 22 heavy (non-hydrogen) atoms. The zero-order chi connectivity index (χ0) is 16.0. The Balaban J connectivity index is 2.02. The summed E-state index contributed by atoms with van der Waals surface area (Å²) in [5.41, 5.74) is 1.09. The summed E-state index contributed by atoms with van der Waals surface area (Å²) in [6.45, 7) is 0.0232. The second-order valence-corrected chi connectivity index (χ2v) is 6.30. The molecule has 7 heteroatoms. The minimum Gasteiger partial charge on any atom is -0.445 e. The van der Waals surface area contributed by atoms with Gasteiger partial charge in [0.2, 0.25) is 0 Å². The molecule has 0 fully saturated rings. The molecule has 116 valence electrons. The van der Waals surface area contributed by atoms with Gasteiger partial charge in [-0.1, -0.05) is 60.7 Å². The summed E-state index contributed by atoms with van der Waals surface area (Å²) in [7, 11) is -4.56. The summed E-state index contributed by atoms with van der Waals surface area (Å²) in [6, 6.07) is 17.1. The van der Waals surface area contributed by atoms with Crippen LogP contribution in [0.5, 0.6) is 0 Å². The highest BCUT2D eigenvalue weighted by Gasteiger charge is 2.32. The maximum absolute atomic E-state index is 11.8. The van der Waals surface area contributed by atoms with E-state index in [0.717, 1.165) is 5.56 Å². The van der Waals surface area contributed by atoms with Crippen LogP contribution in [-0.2, 0) is 15.9 Å². The molecule has 0 unspecified atom stereocenters. The van der Waals surface area contributed by atoms with E-state index in [1.54, 1.807) is 42.5 Å². The average Bonchev–Trinajstić information content (AvgIpc) is 2.51. The first-order chi connectivity index (χ1) is 10.5. The molecule has 0 spiro atoms. The number of carbonyl (C=O) groups excluding carboxylic acids is 1. The summed E-state index contributed by atoms with van der Waals surface area (Å²) < 4.78 is 16.5. The summed E-state index contributed by atoms with van der Waals surface area (Å²) in [5.74, 6) is -1.43. The fourth-order valence-electron chi connectivity index (χ4n) is 1.87. The van der Waals surface area contributed by atoms with E-state index in [-0.39, 0.29) is 6.61 Å². The zero-order valence-electron chi connectivity index (χ0n) is 11.6. The van der Waals surface area contributed by atoms with E-state index in [4.69, 9.17) is 4.74 Å². The van der Waals surface area contributed by atoms with Gasteiger partial charge in [0.05, 0.1) is 0 Å².